The fraction of sp³-hybridized carbons (Fsp3) is 0.320. The molecule has 0 radical (unpaired) electrons. The number of piperazine rings is 1. The molecule has 5 nitrogen and oxygen atoms in total. The number of benzene rings is 3. The molecule has 1 fully saturated rings. The number of hydrogen-bond donors (Lipinski definition) is 1. The lowest BCUT2D eigenvalue weighted by Gasteiger charge is -2.34. The molecule has 0 atom stereocenters. The predicted octanol–water partition coefficient (Wildman–Crippen LogP) is 3.28. The summed E-state index contributed by atoms with van der Waals surface area (Å²) in [5, 5.41) is 5.35. The molecule has 0 aromatic heterocycles. The summed E-state index contributed by atoms with van der Waals surface area (Å²) in [7, 11) is 1.67. The van der Waals surface area contributed by atoms with Crippen molar-refractivity contribution in [1.29, 1.82) is 0 Å². The van der Waals surface area contributed by atoms with Crippen LogP contribution in [0, 0.1) is 0 Å². The quantitative estimate of drug-likeness (QED) is 0.658. The van der Waals surface area contributed by atoms with Crippen molar-refractivity contribution in [3.8, 4) is 5.75 Å². The second kappa shape index (κ2) is 9.74. The van der Waals surface area contributed by atoms with Gasteiger partial charge in [0, 0.05) is 39.3 Å². The third-order valence-electron chi connectivity index (χ3n) is 5.68. The predicted molar refractivity (Wildman–Crippen MR) is 121 cm³/mol. The Morgan fingerprint density at radius 2 is 1.57 bits per heavy atom. The molecular formula is C25H29N3O2. The number of ether oxygens (including phenoxy) is 1. The lowest BCUT2D eigenvalue weighted by atomic mass is 10.1. The van der Waals surface area contributed by atoms with Gasteiger partial charge in [-0.2, -0.15) is 0 Å². The van der Waals surface area contributed by atoms with Gasteiger partial charge in [0.25, 0.3) is 0 Å². The second-order valence-corrected chi connectivity index (χ2v) is 7.86. The lowest BCUT2D eigenvalue weighted by Crippen LogP contribution is -2.49. The van der Waals surface area contributed by atoms with Crippen molar-refractivity contribution in [3.63, 3.8) is 0 Å². The molecule has 1 N–H and O–H groups in total. The molecule has 1 amide bonds. The normalized spacial score (nSPS) is 15.2. The van der Waals surface area contributed by atoms with Crippen LogP contribution in [0.3, 0.4) is 0 Å². The first kappa shape index (κ1) is 20.4. The number of nitrogens with one attached hydrogen (secondary N) is 1. The number of methoxy groups -OCH3 is 1. The third-order valence-corrected chi connectivity index (χ3v) is 5.68. The van der Waals surface area contributed by atoms with Crippen molar-refractivity contribution >= 4 is 16.7 Å². The summed E-state index contributed by atoms with van der Waals surface area (Å²) in [6, 6.07) is 22.9. The van der Waals surface area contributed by atoms with Gasteiger partial charge in [0.2, 0.25) is 5.91 Å². The van der Waals surface area contributed by atoms with Crippen LogP contribution in [-0.2, 0) is 17.9 Å². The Hall–Kier alpha value is -2.89. The maximum absolute atomic E-state index is 12.4. The minimum absolute atomic E-state index is 0.0846. The Labute approximate surface area is 178 Å². The summed E-state index contributed by atoms with van der Waals surface area (Å²) in [5.74, 6) is 0.939. The molecule has 0 bridgehead atoms. The maximum Gasteiger partial charge on any atom is 0.234 e. The van der Waals surface area contributed by atoms with E-state index in [9.17, 15) is 4.79 Å². The zero-order chi connectivity index (χ0) is 20.8. The Morgan fingerprint density at radius 3 is 2.33 bits per heavy atom. The SMILES string of the molecule is COc1ccc2cc(CNC(=O)CN3CCN(Cc4ccccc4)CC3)ccc2c1. The van der Waals surface area contributed by atoms with Crippen LogP contribution >= 0.6 is 0 Å². The average Bonchev–Trinajstić information content (AvgIpc) is 2.79. The molecular weight excluding hydrogens is 374 g/mol. The molecule has 0 spiro atoms. The molecule has 0 aliphatic carbocycles. The summed E-state index contributed by atoms with van der Waals surface area (Å²) >= 11 is 0. The van der Waals surface area contributed by atoms with Gasteiger partial charge < -0.3 is 10.1 Å². The first-order valence-corrected chi connectivity index (χ1v) is 10.5. The topological polar surface area (TPSA) is 44.8 Å². The van der Waals surface area contributed by atoms with Gasteiger partial charge in [0.05, 0.1) is 13.7 Å². The van der Waals surface area contributed by atoms with Crippen molar-refractivity contribution in [3.05, 3.63) is 77.9 Å². The zero-order valence-electron chi connectivity index (χ0n) is 17.5. The highest BCUT2D eigenvalue weighted by Gasteiger charge is 2.18. The fourth-order valence-corrected chi connectivity index (χ4v) is 3.92. The monoisotopic (exact) mass is 403 g/mol. The number of rotatable bonds is 7. The van der Waals surface area contributed by atoms with Gasteiger partial charge in [-0.15, -0.1) is 0 Å². The highest BCUT2D eigenvalue weighted by molar-refractivity contribution is 5.84. The van der Waals surface area contributed by atoms with Gasteiger partial charge in [-0.3, -0.25) is 14.6 Å². The largest absolute Gasteiger partial charge is 0.497 e. The minimum Gasteiger partial charge on any atom is -0.497 e. The van der Waals surface area contributed by atoms with E-state index >= 15 is 0 Å². The van der Waals surface area contributed by atoms with Gasteiger partial charge in [0.1, 0.15) is 5.75 Å². The molecule has 1 aliphatic rings. The summed E-state index contributed by atoms with van der Waals surface area (Å²) in [6.07, 6.45) is 0. The standard InChI is InChI=1S/C25H29N3O2/c1-30-24-10-9-22-15-21(7-8-23(22)16-24)17-26-25(29)19-28-13-11-27(12-14-28)18-20-5-3-2-4-6-20/h2-10,15-16H,11-14,17-19H2,1H3,(H,26,29). The van der Waals surface area contributed by atoms with E-state index in [0.29, 0.717) is 13.1 Å². The number of hydrogen-bond acceptors (Lipinski definition) is 4. The van der Waals surface area contributed by atoms with Crippen molar-refractivity contribution < 1.29 is 9.53 Å². The number of amides is 1. The summed E-state index contributed by atoms with van der Waals surface area (Å²) < 4.78 is 5.28. The molecule has 5 heteroatoms. The van der Waals surface area contributed by atoms with Gasteiger partial charge in [-0.05, 0) is 40.1 Å². The molecule has 0 unspecified atom stereocenters. The van der Waals surface area contributed by atoms with Gasteiger partial charge in [-0.25, -0.2) is 0 Å². The van der Waals surface area contributed by atoms with Crippen LogP contribution < -0.4 is 10.1 Å². The van der Waals surface area contributed by atoms with Crippen LogP contribution in [0.25, 0.3) is 10.8 Å². The molecule has 4 rings (SSSR count). The van der Waals surface area contributed by atoms with Crippen LogP contribution in [0.4, 0.5) is 0 Å². The second-order valence-electron chi connectivity index (χ2n) is 7.86. The Balaban J connectivity index is 1.22. The molecule has 0 saturated carbocycles. The molecule has 3 aromatic rings. The van der Waals surface area contributed by atoms with E-state index in [0.717, 1.165) is 54.8 Å². The molecule has 156 valence electrons. The van der Waals surface area contributed by atoms with Gasteiger partial charge in [-0.1, -0.05) is 48.5 Å². The molecule has 30 heavy (non-hydrogen) atoms. The average molecular weight is 404 g/mol. The first-order valence-electron chi connectivity index (χ1n) is 10.5. The van der Waals surface area contributed by atoms with E-state index in [-0.39, 0.29) is 5.91 Å². The van der Waals surface area contributed by atoms with Crippen LogP contribution in [-0.4, -0.2) is 55.5 Å². The van der Waals surface area contributed by atoms with Crippen molar-refractivity contribution in [2.45, 2.75) is 13.1 Å². The third kappa shape index (κ3) is 5.38. The minimum atomic E-state index is 0.0846. The maximum atomic E-state index is 12.4. The number of fused-ring (bicyclic) bond motifs is 1. The molecule has 1 heterocycles. The van der Waals surface area contributed by atoms with Gasteiger partial charge >= 0.3 is 0 Å². The van der Waals surface area contributed by atoms with Crippen molar-refractivity contribution in [1.82, 2.24) is 15.1 Å². The fourth-order valence-electron chi connectivity index (χ4n) is 3.92. The van der Waals surface area contributed by atoms with Crippen molar-refractivity contribution in [2.24, 2.45) is 0 Å². The van der Waals surface area contributed by atoms with E-state index in [1.165, 1.54) is 5.56 Å². The van der Waals surface area contributed by atoms with Crippen LogP contribution in [0.15, 0.2) is 66.7 Å². The highest BCUT2D eigenvalue weighted by atomic mass is 16.5. The molecule has 1 saturated heterocycles. The van der Waals surface area contributed by atoms with Gasteiger partial charge in [0.15, 0.2) is 0 Å². The number of nitrogens with zero attached hydrogens (tertiary/aromatic N) is 2. The van der Waals surface area contributed by atoms with E-state index in [2.05, 4.69) is 69.7 Å². The Morgan fingerprint density at radius 1 is 0.867 bits per heavy atom. The lowest BCUT2D eigenvalue weighted by molar-refractivity contribution is -0.122. The van der Waals surface area contributed by atoms with E-state index in [1.54, 1.807) is 7.11 Å². The van der Waals surface area contributed by atoms with Crippen molar-refractivity contribution in [2.75, 3.05) is 39.8 Å². The smallest absolute Gasteiger partial charge is 0.234 e. The molecule has 1 aliphatic heterocycles. The van der Waals surface area contributed by atoms with Crippen LogP contribution in [0.1, 0.15) is 11.1 Å². The Kier molecular flexibility index (Phi) is 6.62. The van der Waals surface area contributed by atoms with E-state index < -0.39 is 0 Å². The summed E-state index contributed by atoms with van der Waals surface area (Å²) in [4.78, 5) is 17.1. The number of carbonyl (C=O) groups excluding carboxylic acids is 1. The number of carbonyl (C=O) groups is 1. The molecule has 3 aromatic carbocycles. The summed E-state index contributed by atoms with van der Waals surface area (Å²) in [6.45, 7) is 5.84. The first-order chi connectivity index (χ1) is 14.7. The van der Waals surface area contributed by atoms with Crippen LogP contribution in [0.2, 0.25) is 0 Å². The Bertz CT molecular complexity index is 982. The zero-order valence-corrected chi connectivity index (χ0v) is 17.5. The highest BCUT2D eigenvalue weighted by Crippen LogP contribution is 2.21. The van der Waals surface area contributed by atoms with E-state index in [1.807, 2.05) is 12.1 Å². The van der Waals surface area contributed by atoms with Crippen LogP contribution in [0.5, 0.6) is 5.75 Å². The summed E-state index contributed by atoms with van der Waals surface area (Å²) in [5.41, 5.74) is 2.45. The van der Waals surface area contributed by atoms with E-state index in [4.69, 9.17) is 4.74 Å².